The summed E-state index contributed by atoms with van der Waals surface area (Å²) < 4.78 is 5.43. The Morgan fingerprint density at radius 3 is 2.76 bits per heavy atom. The number of ether oxygens (including phenoxy) is 1. The van der Waals surface area contributed by atoms with Crippen LogP contribution >= 0.6 is 0 Å². The van der Waals surface area contributed by atoms with Gasteiger partial charge in [-0.1, -0.05) is 13.3 Å². The van der Waals surface area contributed by atoms with Crippen LogP contribution in [0.4, 0.5) is 0 Å². The molecule has 0 aromatic heterocycles. The second-order valence-corrected chi connectivity index (χ2v) is 6.81. The van der Waals surface area contributed by atoms with E-state index in [0.717, 1.165) is 45.1 Å². The van der Waals surface area contributed by atoms with E-state index in [4.69, 9.17) is 4.74 Å². The summed E-state index contributed by atoms with van der Waals surface area (Å²) in [5, 5.41) is 13.1. The first kappa shape index (κ1) is 16.7. The molecule has 4 nitrogen and oxygen atoms in total. The van der Waals surface area contributed by atoms with E-state index in [-0.39, 0.29) is 5.54 Å². The van der Waals surface area contributed by atoms with E-state index in [2.05, 4.69) is 30.3 Å². The van der Waals surface area contributed by atoms with Gasteiger partial charge in [0.2, 0.25) is 0 Å². The number of nitrogens with zero attached hydrogens (tertiary/aromatic N) is 2. The number of rotatable bonds is 7. The van der Waals surface area contributed by atoms with Crippen molar-refractivity contribution >= 4 is 0 Å². The fourth-order valence-electron chi connectivity index (χ4n) is 4.04. The minimum atomic E-state index is -0.256. The molecular weight excluding hydrogens is 262 g/mol. The average Bonchev–Trinajstić information content (AvgIpc) is 2.90. The molecule has 120 valence electrons. The van der Waals surface area contributed by atoms with Gasteiger partial charge in [0.1, 0.15) is 5.54 Å². The third kappa shape index (κ3) is 4.42. The SMILES string of the molecule is CCNC1(C#N)CCCC1CCN(C)CC1CCOCC1. The van der Waals surface area contributed by atoms with Crippen LogP contribution in [0.15, 0.2) is 0 Å². The molecule has 0 aromatic rings. The van der Waals surface area contributed by atoms with Crippen LogP contribution in [0.3, 0.4) is 0 Å². The van der Waals surface area contributed by atoms with Crippen molar-refractivity contribution in [2.24, 2.45) is 11.8 Å². The first-order valence-electron chi connectivity index (χ1n) is 8.62. The Morgan fingerprint density at radius 2 is 2.10 bits per heavy atom. The number of hydrogen-bond donors (Lipinski definition) is 1. The van der Waals surface area contributed by atoms with Crippen LogP contribution in [0.5, 0.6) is 0 Å². The normalized spacial score (nSPS) is 30.7. The van der Waals surface area contributed by atoms with Gasteiger partial charge in [0, 0.05) is 19.8 Å². The molecule has 2 aliphatic rings. The van der Waals surface area contributed by atoms with Crippen LogP contribution in [0, 0.1) is 23.2 Å². The van der Waals surface area contributed by atoms with Crippen LogP contribution in [-0.4, -0.2) is 50.3 Å². The number of hydrogen-bond acceptors (Lipinski definition) is 4. The van der Waals surface area contributed by atoms with Gasteiger partial charge in [0.15, 0.2) is 0 Å². The van der Waals surface area contributed by atoms with Crippen LogP contribution in [0.25, 0.3) is 0 Å². The highest BCUT2D eigenvalue weighted by atomic mass is 16.5. The summed E-state index contributed by atoms with van der Waals surface area (Å²) >= 11 is 0. The van der Waals surface area contributed by atoms with Gasteiger partial charge in [-0.25, -0.2) is 0 Å². The van der Waals surface area contributed by atoms with E-state index in [0.29, 0.717) is 5.92 Å². The zero-order valence-electron chi connectivity index (χ0n) is 13.7. The third-order valence-electron chi connectivity index (χ3n) is 5.28. The topological polar surface area (TPSA) is 48.3 Å². The summed E-state index contributed by atoms with van der Waals surface area (Å²) in [6.07, 6.45) is 6.95. The summed E-state index contributed by atoms with van der Waals surface area (Å²) in [5.74, 6) is 1.31. The van der Waals surface area contributed by atoms with E-state index in [1.807, 2.05) is 0 Å². The number of nitriles is 1. The van der Waals surface area contributed by atoms with Gasteiger partial charge in [-0.05, 0) is 64.1 Å². The van der Waals surface area contributed by atoms with Crippen molar-refractivity contribution in [3.63, 3.8) is 0 Å². The monoisotopic (exact) mass is 293 g/mol. The minimum absolute atomic E-state index is 0.256. The van der Waals surface area contributed by atoms with Crippen molar-refractivity contribution < 1.29 is 4.74 Å². The molecule has 4 heteroatoms. The Morgan fingerprint density at radius 1 is 1.33 bits per heavy atom. The van der Waals surface area contributed by atoms with Gasteiger partial charge < -0.3 is 9.64 Å². The molecule has 1 aliphatic heterocycles. The minimum Gasteiger partial charge on any atom is -0.381 e. The lowest BCUT2D eigenvalue weighted by atomic mass is 9.85. The van der Waals surface area contributed by atoms with Crippen molar-refractivity contribution in [2.75, 3.05) is 39.9 Å². The molecule has 2 atom stereocenters. The molecule has 0 bridgehead atoms. The predicted molar refractivity (Wildman–Crippen MR) is 85.0 cm³/mol. The van der Waals surface area contributed by atoms with Gasteiger partial charge in [-0.2, -0.15) is 5.26 Å². The Bertz CT molecular complexity index is 348. The van der Waals surface area contributed by atoms with E-state index >= 15 is 0 Å². The standard InChI is InChI=1S/C17H31N3O/c1-3-19-17(14-18)9-4-5-16(17)6-10-20(2)13-15-7-11-21-12-8-15/h15-16,19H,3-13H2,1-2H3. The molecule has 2 rings (SSSR count). The summed E-state index contributed by atoms with van der Waals surface area (Å²) in [5.41, 5.74) is -0.256. The van der Waals surface area contributed by atoms with Crippen molar-refractivity contribution in [3.8, 4) is 6.07 Å². The lowest BCUT2D eigenvalue weighted by Gasteiger charge is -2.32. The molecule has 1 saturated carbocycles. The number of nitrogens with one attached hydrogen (secondary N) is 1. The molecule has 2 fully saturated rings. The zero-order valence-corrected chi connectivity index (χ0v) is 13.7. The lowest BCUT2D eigenvalue weighted by Crippen LogP contribution is -2.47. The Hall–Kier alpha value is -0.630. The zero-order chi connectivity index (χ0) is 15.1. The van der Waals surface area contributed by atoms with Gasteiger partial charge in [0.05, 0.1) is 6.07 Å². The van der Waals surface area contributed by atoms with Crippen molar-refractivity contribution in [1.29, 1.82) is 5.26 Å². The molecule has 1 N–H and O–H groups in total. The lowest BCUT2D eigenvalue weighted by molar-refractivity contribution is 0.0548. The van der Waals surface area contributed by atoms with Gasteiger partial charge in [-0.3, -0.25) is 5.32 Å². The second kappa shape index (κ2) is 8.12. The molecule has 1 saturated heterocycles. The summed E-state index contributed by atoms with van der Waals surface area (Å²) in [6.45, 7) is 7.14. The van der Waals surface area contributed by atoms with Gasteiger partial charge in [-0.15, -0.1) is 0 Å². The van der Waals surface area contributed by atoms with E-state index < -0.39 is 0 Å². The highest BCUT2D eigenvalue weighted by Gasteiger charge is 2.42. The third-order valence-corrected chi connectivity index (χ3v) is 5.28. The maximum atomic E-state index is 9.60. The maximum Gasteiger partial charge on any atom is 0.109 e. The highest BCUT2D eigenvalue weighted by Crippen LogP contribution is 2.37. The molecule has 0 amide bonds. The molecule has 0 radical (unpaired) electrons. The fourth-order valence-corrected chi connectivity index (χ4v) is 4.04. The smallest absolute Gasteiger partial charge is 0.109 e. The first-order valence-corrected chi connectivity index (χ1v) is 8.62. The molecule has 0 aromatic carbocycles. The van der Waals surface area contributed by atoms with Crippen molar-refractivity contribution in [2.45, 2.75) is 51.0 Å². The van der Waals surface area contributed by atoms with Crippen LogP contribution < -0.4 is 5.32 Å². The Balaban J connectivity index is 1.77. The van der Waals surface area contributed by atoms with Crippen LogP contribution in [-0.2, 0) is 4.74 Å². The van der Waals surface area contributed by atoms with Gasteiger partial charge >= 0.3 is 0 Å². The maximum absolute atomic E-state index is 9.60. The predicted octanol–water partition coefficient (Wildman–Crippen LogP) is 2.41. The largest absolute Gasteiger partial charge is 0.381 e. The van der Waals surface area contributed by atoms with Gasteiger partial charge in [0.25, 0.3) is 0 Å². The molecule has 1 heterocycles. The fraction of sp³-hybridized carbons (Fsp3) is 0.941. The van der Waals surface area contributed by atoms with Crippen molar-refractivity contribution in [1.82, 2.24) is 10.2 Å². The molecule has 1 aliphatic carbocycles. The van der Waals surface area contributed by atoms with Crippen LogP contribution in [0.2, 0.25) is 0 Å². The van der Waals surface area contributed by atoms with Crippen molar-refractivity contribution in [3.05, 3.63) is 0 Å². The quantitative estimate of drug-likeness (QED) is 0.783. The molecule has 21 heavy (non-hydrogen) atoms. The Kier molecular flexibility index (Phi) is 6.47. The average molecular weight is 293 g/mol. The van der Waals surface area contributed by atoms with E-state index in [9.17, 15) is 5.26 Å². The highest BCUT2D eigenvalue weighted by molar-refractivity contribution is 5.14. The van der Waals surface area contributed by atoms with Crippen LogP contribution in [0.1, 0.15) is 45.4 Å². The summed E-state index contributed by atoms with van der Waals surface area (Å²) in [7, 11) is 2.23. The molecular formula is C17H31N3O. The summed E-state index contributed by atoms with van der Waals surface area (Å²) in [6, 6.07) is 2.59. The van der Waals surface area contributed by atoms with E-state index in [1.165, 1.54) is 32.2 Å². The molecule has 0 spiro atoms. The molecule has 2 unspecified atom stereocenters. The second-order valence-electron chi connectivity index (χ2n) is 6.81. The summed E-state index contributed by atoms with van der Waals surface area (Å²) in [4.78, 5) is 2.46. The Labute approximate surface area is 129 Å². The first-order chi connectivity index (χ1) is 10.2. The van der Waals surface area contributed by atoms with E-state index in [1.54, 1.807) is 0 Å².